The van der Waals surface area contributed by atoms with Gasteiger partial charge < -0.3 is 28.5 Å². The Balaban J connectivity index is 5.07. The minimum absolute atomic E-state index is 0.0285. The average molecular weight is 1160 g/mol. The van der Waals surface area contributed by atoms with Crippen LogP contribution >= 0.6 is 7.82 Å². The largest absolute Gasteiger partial charge is 0.756 e. The number of nitrogens with one attached hydrogen (secondary N) is 1. The summed E-state index contributed by atoms with van der Waals surface area (Å²) in [6, 6.07) is -0.904. The first-order valence-corrected chi connectivity index (χ1v) is 35.7. The molecule has 0 rings (SSSR count). The van der Waals surface area contributed by atoms with E-state index in [1.807, 2.05) is 33.3 Å². The van der Waals surface area contributed by atoms with Crippen molar-refractivity contribution in [3.63, 3.8) is 0 Å². The Labute approximate surface area is 502 Å². The lowest BCUT2D eigenvalue weighted by atomic mass is 10.0. The third-order valence-electron chi connectivity index (χ3n) is 15.1. The summed E-state index contributed by atoms with van der Waals surface area (Å²) in [7, 11) is 1.17. The van der Waals surface area contributed by atoms with Crippen LogP contribution in [0.4, 0.5) is 0 Å². The molecule has 1 amide bonds. The number of rotatable bonds is 62. The molecule has 3 atom stereocenters. The van der Waals surface area contributed by atoms with E-state index >= 15 is 0 Å². The fraction of sp³-hybridized carbons (Fsp3) is 0.803. The van der Waals surface area contributed by atoms with E-state index in [4.69, 9.17) is 13.8 Å². The number of unbranched alkanes of at least 4 members (excludes halogenated alkanes) is 37. The molecule has 0 aromatic heterocycles. The third-order valence-corrected chi connectivity index (χ3v) is 16.1. The van der Waals surface area contributed by atoms with Gasteiger partial charge in [-0.3, -0.25) is 14.2 Å². The van der Waals surface area contributed by atoms with Crippen molar-refractivity contribution in [1.82, 2.24) is 5.32 Å². The maximum Gasteiger partial charge on any atom is 0.306 e. The summed E-state index contributed by atoms with van der Waals surface area (Å²) in [5.41, 5.74) is 0. The highest BCUT2D eigenvalue weighted by molar-refractivity contribution is 7.45. The van der Waals surface area contributed by atoms with Crippen molar-refractivity contribution in [3.8, 4) is 0 Å². The van der Waals surface area contributed by atoms with E-state index in [2.05, 4.69) is 86.8 Å². The van der Waals surface area contributed by atoms with Gasteiger partial charge in [-0.1, -0.05) is 280 Å². The summed E-state index contributed by atoms with van der Waals surface area (Å²) in [6.45, 7) is 6.81. The number of quaternary nitrogens is 1. The lowest BCUT2D eigenvalue weighted by Crippen LogP contribution is -2.47. The van der Waals surface area contributed by atoms with Crippen molar-refractivity contribution < 1.29 is 37.3 Å². The molecule has 0 aromatic rings. The molecule has 0 aliphatic heterocycles. The highest BCUT2D eigenvalue weighted by Gasteiger charge is 2.27. The molecule has 0 heterocycles. The van der Waals surface area contributed by atoms with Crippen LogP contribution < -0.4 is 10.2 Å². The zero-order valence-electron chi connectivity index (χ0n) is 54.0. The minimum Gasteiger partial charge on any atom is -0.756 e. The van der Waals surface area contributed by atoms with Crippen LogP contribution in [0.25, 0.3) is 0 Å². The first-order chi connectivity index (χ1) is 39.4. The topological polar surface area (TPSA) is 114 Å². The van der Waals surface area contributed by atoms with E-state index in [1.54, 1.807) is 0 Å². The first-order valence-electron chi connectivity index (χ1n) is 34.3. The molecule has 0 aromatic carbocycles. The number of allylic oxidation sites excluding steroid dienone is 11. The van der Waals surface area contributed by atoms with Gasteiger partial charge in [0.25, 0.3) is 7.82 Å². The van der Waals surface area contributed by atoms with Crippen LogP contribution in [0.2, 0.25) is 0 Å². The Morgan fingerprint density at radius 1 is 0.444 bits per heavy atom. The number of nitrogens with zero attached hydrogens (tertiary/aromatic N) is 1. The van der Waals surface area contributed by atoms with Gasteiger partial charge in [-0.2, -0.15) is 0 Å². The summed E-state index contributed by atoms with van der Waals surface area (Å²) in [5, 5.41) is 3.02. The van der Waals surface area contributed by atoms with Crippen molar-refractivity contribution in [2.24, 2.45) is 0 Å². The molecule has 9 nitrogen and oxygen atoms in total. The molecule has 0 bridgehead atoms. The molecule has 81 heavy (non-hydrogen) atoms. The zero-order chi connectivity index (χ0) is 59.3. The molecular formula is C71H131N2O7P. The van der Waals surface area contributed by atoms with E-state index in [0.717, 1.165) is 77.0 Å². The van der Waals surface area contributed by atoms with Gasteiger partial charge in [0.2, 0.25) is 5.91 Å². The maximum absolute atomic E-state index is 13.5. The number of carbonyl (C=O) groups excluding carboxylic acids is 2. The maximum atomic E-state index is 13.5. The number of esters is 1. The van der Waals surface area contributed by atoms with Crippen LogP contribution in [0.5, 0.6) is 0 Å². The predicted octanol–water partition coefficient (Wildman–Crippen LogP) is 20.9. The van der Waals surface area contributed by atoms with Crippen molar-refractivity contribution in [3.05, 3.63) is 72.9 Å². The van der Waals surface area contributed by atoms with E-state index < -0.39 is 26.6 Å². The summed E-state index contributed by atoms with van der Waals surface area (Å²) in [4.78, 5) is 40.1. The SMILES string of the molecule is CCCCC/C=C\C/C=C\C/C=C\CCCCCCCCCCCCCCCCC(=O)OC(/C=C\CCCCCCCCCCCC)C(COP(=O)([O-])OCC[N+](C)(C)C)NC(=O)CCCCC/C=C/C=C/CCCCCCCCC. The van der Waals surface area contributed by atoms with Crippen molar-refractivity contribution >= 4 is 19.7 Å². The van der Waals surface area contributed by atoms with Crippen LogP contribution in [0.1, 0.15) is 316 Å². The molecule has 0 aliphatic rings. The molecule has 0 spiro atoms. The van der Waals surface area contributed by atoms with E-state index in [-0.39, 0.29) is 31.3 Å². The van der Waals surface area contributed by atoms with Gasteiger partial charge in [-0.05, 0) is 96.0 Å². The molecule has 1 N–H and O–H groups in total. The lowest BCUT2D eigenvalue weighted by Gasteiger charge is -2.30. The second-order valence-corrected chi connectivity index (χ2v) is 25.8. The molecule has 3 unspecified atom stereocenters. The normalized spacial score (nSPS) is 14.0. The quantitative estimate of drug-likeness (QED) is 0.0161. The molecular weight excluding hydrogens is 1020 g/mol. The molecule has 0 fully saturated rings. The third kappa shape index (κ3) is 61.8. The van der Waals surface area contributed by atoms with Crippen molar-refractivity contribution in [2.45, 2.75) is 328 Å². The lowest BCUT2D eigenvalue weighted by molar-refractivity contribution is -0.870. The molecule has 0 aliphatic carbocycles. The second kappa shape index (κ2) is 60.6. The Bertz CT molecular complexity index is 1620. The number of hydrogen-bond acceptors (Lipinski definition) is 7. The van der Waals surface area contributed by atoms with Gasteiger partial charge in [-0.25, -0.2) is 0 Å². The molecule has 0 saturated heterocycles. The fourth-order valence-corrected chi connectivity index (χ4v) is 10.5. The number of likely N-dealkylation sites (N-methyl/N-ethyl adjacent to an activating group) is 1. The second-order valence-electron chi connectivity index (χ2n) is 24.4. The van der Waals surface area contributed by atoms with Gasteiger partial charge in [0.15, 0.2) is 0 Å². The Morgan fingerprint density at radius 2 is 0.790 bits per heavy atom. The number of carbonyl (C=O) groups is 2. The fourth-order valence-electron chi connectivity index (χ4n) is 9.82. The average Bonchev–Trinajstić information content (AvgIpc) is 3.44. The highest BCUT2D eigenvalue weighted by Crippen LogP contribution is 2.38. The number of ether oxygens (including phenoxy) is 1. The van der Waals surface area contributed by atoms with Gasteiger partial charge in [0, 0.05) is 12.8 Å². The van der Waals surface area contributed by atoms with Gasteiger partial charge >= 0.3 is 5.97 Å². The zero-order valence-corrected chi connectivity index (χ0v) is 54.9. The van der Waals surface area contributed by atoms with Gasteiger partial charge in [-0.15, -0.1) is 0 Å². The molecule has 10 heteroatoms. The Hall–Kier alpha value is -2.55. The summed E-state index contributed by atoms with van der Waals surface area (Å²) < 4.78 is 30.4. The van der Waals surface area contributed by atoms with Crippen LogP contribution in [0.15, 0.2) is 72.9 Å². The summed E-state index contributed by atoms with van der Waals surface area (Å²) >= 11 is 0. The smallest absolute Gasteiger partial charge is 0.306 e. The number of hydrogen-bond donors (Lipinski definition) is 1. The molecule has 0 radical (unpaired) electrons. The van der Waals surface area contributed by atoms with Crippen LogP contribution in [0.3, 0.4) is 0 Å². The van der Waals surface area contributed by atoms with Crippen molar-refractivity contribution in [2.75, 3.05) is 40.9 Å². The molecule has 472 valence electrons. The van der Waals surface area contributed by atoms with E-state index in [9.17, 15) is 19.0 Å². The van der Waals surface area contributed by atoms with E-state index in [0.29, 0.717) is 17.4 Å². The Kier molecular flexibility index (Phi) is 58.7. The van der Waals surface area contributed by atoms with Gasteiger partial charge in [0.05, 0.1) is 33.8 Å². The van der Waals surface area contributed by atoms with Gasteiger partial charge in [0.1, 0.15) is 19.3 Å². The van der Waals surface area contributed by atoms with Crippen LogP contribution in [-0.2, 0) is 27.9 Å². The number of phosphoric ester groups is 1. The number of phosphoric acid groups is 1. The summed E-state index contributed by atoms with van der Waals surface area (Å²) in [5.74, 6) is -0.565. The summed E-state index contributed by atoms with van der Waals surface area (Å²) in [6.07, 6.45) is 78.8. The van der Waals surface area contributed by atoms with Crippen LogP contribution in [-0.4, -0.2) is 69.4 Å². The monoisotopic (exact) mass is 1150 g/mol. The molecule has 0 saturated carbocycles. The highest BCUT2D eigenvalue weighted by atomic mass is 31.2. The number of amides is 1. The van der Waals surface area contributed by atoms with Crippen molar-refractivity contribution in [1.29, 1.82) is 0 Å². The predicted molar refractivity (Wildman–Crippen MR) is 348 cm³/mol. The van der Waals surface area contributed by atoms with Crippen LogP contribution in [0, 0.1) is 0 Å². The standard InChI is InChI=1S/C71H131N2O7P/c1-7-10-13-16-19-22-25-28-30-32-33-34-35-36-37-38-39-40-41-42-44-46-49-52-55-58-61-64-71(75)80-69(62-59-56-53-50-47-27-24-21-18-15-12-9-3)68(67-79-81(76,77)78-66-65-73(4,5)6)72-70(74)63-60-57-54-51-48-45-43-31-29-26-23-20-17-14-11-8-2/h19,22,28,30-31,33-34,43,45,48,59,62,68-69H,7-18,20-21,23-27,29,32,35-42,44,46-47,49-58,60-61,63-67H2,1-6H3,(H-,72,74,76,77)/b22-19-,30-28-,34-33-,43-31+,48-45+,62-59-. The van der Waals surface area contributed by atoms with E-state index in [1.165, 1.54) is 199 Å². The minimum atomic E-state index is -4.71. The Morgan fingerprint density at radius 3 is 1.23 bits per heavy atom. The first kappa shape index (κ1) is 78.5.